The van der Waals surface area contributed by atoms with Crippen LogP contribution < -0.4 is 5.73 Å². The summed E-state index contributed by atoms with van der Waals surface area (Å²) >= 11 is 1.57. The fourth-order valence-corrected chi connectivity index (χ4v) is 4.14. The topological polar surface area (TPSA) is 66.6 Å². The molecule has 0 aliphatic carbocycles. The van der Waals surface area contributed by atoms with Gasteiger partial charge in [-0.05, 0) is 48.8 Å². The standard InChI is InChI=1S/C19H24N2O2S/c20-16-7-2-1-5-14(16)9-10-19(23)21-11-3-6-15(21)13-17(22)18-8-4-12-24-18/h1-2,4-5,7-8,12,15,17,22H,3,6,9-11,13,20H2. The van der Waals surface area contributed by atoms with Crippen molar-refractivity contribution in [1.29, 1.82) is 0 Å². The quantitative estimate of drug-likeness (QED) is 0.790. The van der Waals surface area contributed by atoms with Crippen LogP contribution in [0, 0.1) is 0 Å². The van der Waals surface area contributed by atoms with Crippen LogP contribution in [0.4, 0.5) is 5.69 Å². The largest absolute Gasteiger partial charge is 0.399 e. The van der Waals surface area contributed by atoms with Gasteiger partial charge in [-0.1, -0.05) is 24.3 Å². The monoisotopic (exact) mass is 344 g/mol. The molecule has 3 rings (SSSR count). The number of nitrogens with zero attached hydrogens (tertiary/aromatic N) is 1. The van der Waals surface area contributed by atoms with Gasteiger partial charge in [0.15, 0.2) is 0 Å². The Hall–Kier alpha value is -1.85. The zero-order chi connectivity index (χ0) is 16.9. The number of amides is 1. The molecule has 1 aromatic carbocycles. The Balaban J connectivity index is 1.56. The van der Waals surface area contributed by atoms with Gasteiger partial charge in [0.25, 0.3) is 0 Å². The number of anilines is 1. The second-order valence-electron chi connectivity index (χ2n) is 6.35. The zero-order valence-electron chi connectivity index (χ0n) is 13.7. The molecule has 1 fully saturated rings. The molecule has 2 heterocycles. The number of para-hydroxylation sites is 1. The number of benzene rings is 1. The van der Waals surface area contributed by atoms with Crippen LogP contribution in [0.2, 0.25) is 0 Å². The first-order chi connectivity index (χ1) is 11.6. The first-order valence-electron chi connectivity index (χ1n) is 8.49. The van der Waals surface area contributed by atoms with E-state index in [2.05, 4.69) is 0 Å². The number of carbonyl (C=O) groups excluding carboxylic acids is 1. The predicted octanol–water partition coefficient (Wildman–Crippen LogP) is 3.38. The Kier molecular flexibility index (Phi) is 5.53. The molecule has 5 heteroatoms. The molecule has 1 aromatic heterocycles. The minimum Gasteiger partial charge on any atom is -0.399 e. The molecule has 2 unspecified atom stereocenters. The number of aliphatic hydroxyl groups excluding tert-OH is 1. The number of nitrogens with two attached hydrogens (primary N) is 1. The van der Waals surface area contributed by atoms with E-state index in [0.29, 0.717) is 19.3 Å². The molecule has 128 valence electrons. The molecule has 3 N–H and O–H groups in total. The van der Waals surface area contributed by atoms with Gasteiger partial charge in [0.05, 0.1) is 6.10 Å². The number of rotatable bonds is 6. The summed E-state index contributed by atoms with van der Waals surface area (Å²) in [5.41, 5.74) is 7.73. The summed E-state index contributed by atoms with van der Waals surface area (Å²) in [6.07, 6.45) is 3.28. The second kappa shape index (κ2) is 7.81. The Bertz CT molecular complexity index is 672. The highest BCUT2D eigenvalue weighted by Crippen LogP contribution is 2.30. The number of thiophene rings is 1. The molecule has 2 atom stereocenters. The summed E-state index contributed by atoms with van der Waals surface area (Å²) in [6.45, 7) is 0.797. The lowest BCUT2D eigenvalue weighted by molar-refractivity contribution is -0.132. The predicted molar refractivity (Wildman–Crippen MR) is 97.8 cm³/mol. The highest BCUT2D eigenvalue weighted by atomic mass is 32.1. The average Bonchev–Trinajstić information content (AvgIpc) is 3.25. The summed E-state index contributed by atoms with van der Waals surface area (Å²) < 4.78 is 0. The molecule has 1 aliphatic heterocycles. The summed E-state index contributed by atoms with van der Waals surface area (Å²) in [5, 5.41) is 12.3. The van der Waals surface area contributed by atoms with Crippen LogP contribution in [0.1, 0.15) is 42.2 Å². The average molecular weight is 344 g/mol. The van der Waals surface area contributed by atoms with Crippen molar-refractivity contribution < 1.29 is 9.90 Å². The molecule has 1 aliphatic rings. The number of hydrogen-bond donors (Lipinski definition) is 2. The van der Waals surface area contributed by atoms with E-state index in [9.17, 15) is 9.90 Å². The van der Waals surface area contributed by atoms with E-state index in [-0.39, 0.29) is 11.9 Å². The maximum atomic E-state index is 12.6. The molecule has 1 saturated heterocycles. The van der Waals surface area contributed by atoms with Crippen molar-refractivity contribution in [1.82, 2.24) is 4.90 Å². The van der Waals surface area contributed by atoms with Crippen LogP contribution in [-0.4, -0.2) is 28.5 Å². The Morgan fingerprint density at radius 2 is 2.17 bits per heavy atom. The van der Waals surface area contributed by atoms with Gasteiger partial charge >= 0.3 is 0 Å². The van der Waals surface area contributed by atoms with Crippen LogP contribution in [0.25, 0.3) is 0 Å². The van der Waals surface area contributed by atoms with Gasteiger partial charge in [0, 0.05) is 29.6 Å². The van der Waals surface area contributed by atoms with Crippen molar-refractivity contribution >= 4 is 22.9 Å². The maximum Gasteiger partial charge on any atom is 0.223 e. The molecule has 0 bridgehead atoms. The SMILES string of the molecule is Nc1ccccc1CCC(=O)N1CCCC1CC(O)c1cccs1. The lowest BCUT2D eigenvalue weighted by Gasteiger charge is -2.26. The normalized spacial score (nSPS) is 18.7. The first kappa shape index (κ1) is 17.0. The third kappa shape index (κ3) is 3.97. The number of nitrogen functional groups attached to an aromatic ring is 1. The molecule has 24 heavy (non-hydrogen) atoms. The van der Waals surface area contributed by atoms with Crippen molar-refractivity contribution in [2.24, 2.45) is 0 Å². The molecular weight excluding hydrogens is 320 g/mol. The van der Waals surface area contributed by atoms with Gasteiger partial charge in [-0.2, -0.15) is 0 Å². The molecular formula is C19H24N2O2S. The summed E-state index contributed by atoms with van der Waals surface area (Å²) in [7, 11) is 0. The van der Waals surface area contributed by atoms with Crippen LogP contribution in [0.15, 0.2) is 41.8 Å². The van der Waals surface area contributed by atoms with Gasteiger partial charge in [-0.25, -0.2) is 0 Å². The number of aliphatic hydroxyl groups is 1. The first-order valence-corrected chi connectivity index (χ1v) is 9.37. The van der Waals surface area contributed by atoms with E-state index in [4.69, 9.17) is 5.73 Å². The molecule has 0 radical (unpaired) electrons. The molecule has 0 saturated carbocycles. The number of aryl methyl sites for hydroxylation is 1. The van der Waals surface area contributed by atoms with Crippen LogP contribution in [-0.2, 0) is 11.2 Å². The fraction of sp³-hybridized carbons (Fsp3) is 0.421. The van der Waals surface area contributed by atoms with E-state index >= 15 is 0 Å². The van der Waals surface area contributed by atoms with Crippen molar-refractivity contribution in [3.63, 3.8) is 0 Å². The van der Waals surface area contributed by atoms with Gasteiger partial charge in [-0.3, -0.25) is 4.79 Å². The van der Waals surface area contributed by atoms with Gasteiger partial charge in [-0.15, -0.1) is 11.3 Å². The van der Waals surface area contributed by atoms with E-state index in [1.165, 1.54) is 0 Å². The van der Waals surface area contributed by atoms with Crippen molar-refractivity contribution in [3.05, 3.63) is 52.2 Å². The summed E-state index contributed by atoms with van der Waals surface area (Å²) in [4.78, 5) is 15.5. The van der Waals surface area contributed by atoms with Crippen molar-refractivity contribution in [2.75, 3.05) is 12.3 Å². The zero-order valence-corrected chi connectivity index (χ0v) is 14.5. The lowest BCUT2D eigenvalue weighted by atomic mass is 10.0. The van der Waals surface area contributed by atoms with Crippen molar-refractivity contribution in [2.45, 2.75) is 44.2 Å². The smallest absolute Gasteiger partial charge is 0.223 e. The van der Waals surface area contributed by atoms with Gasteiger partial charge in [0.1, 0.15) is 0 Å². The summed E-state index contributed by atoms with van der Waals surface area (Å²) in [6, 6.07) is 11.7. The third-order valence-corrected chi connectivity index (χ3v) is 5.70. The molecule has 0 spiro atoms. The Morgan fingerprint density at radius 1 is 1.33 bits per heavy atom. The van der Waals surface area contributed by atoms with Crippen LogP contribution in [0.3, 0.4) is 0 Å². The fourth-order valence-electron chi connectivity index (χ4n) is 3.41. The minimum atomic E-state index is -0.479. The van der Waals surface area contributed by atoms with E-state index in [1.54, 1.807) is 11.3 Å². The number of carbonyl (C=O) groups is 1. The molecule has 2 aromatic rings. The third-order valence-electron chi connectivity index (χ3n) is 4.73. The Labute approximate surface area is 146 Å². The maximum absolute atomic E-state index is 12.6. The Morgan fingerprint density at radius 3 is 2.92 bits per heavy atom. The molecule has 4 nitrogen and oxygen atoms in total. The lowest BCUT2D eigenvalue weighted by Crippen LogP contribution is -2.36. The van der Waals surface area contributed by atoms with E-state index in [1.807, 2.05) is 46.7 Å². The molecule has 1 amide bonds. The van der Waals surface area contributed by atoms with E-state index in [0.717, 1.165) is 35.5 Å². The van der Waals surface area contributed by atoms with Crippen molar-refractivity contribution in [3.8, 4) is 0 Å². The second-order valence-corrected chi connectivity index (χ2v) is 7.33. The highest BCUT2D eigenvalue weighted by molar-refractivity contribution is 7.10. The highest BCUT2D eigenvalue weighted by Gasteiger charge is 2.30. The van der Waals surface area contributed by atoms with Gasteiger partial charge < -0.3 is 15.7 Å². The number of likely N-dealkylation sites (tertiary alicyclic amines) is 1. The van der Waals surface area contributed by atoms with Gasteiger partial charge in [0.2, 0.25) is 5.91 Å². The van der Waals surface area contributed by atoms with Crippen LogP contribution >= 0.6 is 11.3 Å². The number of hydrogen-bond acceptors (Lipinski definition) is 4. The van der Waals surface area contributed by atoms with E-state index < -0.39 is 6.10 Å². The van der Waals surface area contributed by atoms with Crippen LogP contribution in [0.5, 0.6) is 0 Å². The summed E-state index contributed by atoms with van der Waals surface area (Å²) in [5.74, 6) is 0.166. The minimum absolute atomic E-state index is 0.141.